The first kappa shape index (κ1) is 28.7. The van der Waals surface area contributed by atoms with Crippen LogP contribution in [0.2, 0.25) is 0 Å². The maximum Gasteiger partial charge on any atom is 0.341 e. The Morgan fingerprint density at radius 1 is 0.816 bits per heavy atom. The van der Waals surface area contributed by atoms with Crippen LogP contribution in [-0.2, 0) is 11.2 Å². The van der Waals surface area contributed by atoms with Crippen molar-refractivity contribution in [2.24, 2.45) is 5.92 Å². The van der Waals surface area contributed by atoms with E-state index >= 15 is 4.39 Å². The molecule has 0 N–H and O–H groups in total. The average molecular weight is 529 g/mol. The van der Waals surface area contributed by atoms with Gasteiger partial charge in [0.2, 0.25) is 0 Å². The maximum absolute atomic E-state index is 15.0. The topological polar surface area (TPSA) is 26.3 Å². The third-order valence-corrected chi connectivity index (χ3v) is 8.86. The Morgan fingerprint density at radius 3 is 2.18 bits per heavy atom. The maximum atomic E-state index is 15.0. The molecule has 2 aliphatic rings. The molecule has 2 aliphatic carbocycles. The summed E-state index contributed by atoms with van der Waals surface area (Å²) in [6.07, 6.45) is 12.6. The molecule has 2 aromatic rings. The van der Waals surface area contributed by atoms with Crippen LogP contribution in [0.3, 0.4) is 0 Å². The molecule has 0 amide bonds. The number of unbranched alkanes of at least 4 members (excludes halogenated alkanes) is 2. The van der Waals surface area contributed by atoms with Gasteiger partial charge in [-0.15, -0.1) is 0 Å². The van der Waals surface area contributed by atoms with Gasteiger partial charge in [-0.2, -0.15) is 0 Å². The largest absolute Gasteiger partial charge is 0.459 e. The van der Waals surface area contributed by atoms with Gasteiger partial charge in [0.15, 0.2) is 11.6 Å². The quantitative estimate of drug-likeness (QED) is 0.227. The third-order valence-electron chi connectivity index (χ3n) is 8.86. The second kappa shape index (κ2) is 13.7. The van der Waals surface area contributed by atoms with E-state index in [1.54, 1.807) is 12.1 Å². The van der Waals surface area contributed by atoms with Gasteiger partial charge in [0.1, 0.15) is 11.9 Å². The number of carbonyl (C=O) groups is 1. The predicted octanol–water partition coefficient (Wildman–Crippen LogP) is 9.79. The molecule has 2 fully saturated rings. The molecular weight excluding hydrogens is 485 g/mol. The van der Waals surface area contributed by atoms with Gasteiger partial charge < -0.3 is 4.74 Å². The highest BCUT2D eigenvalue weighted by atomic mass is 19.2. The summed E-state index contributed by atoms with van der Waals surface area (Å²) >= 11 is 0. The Labute approximate surface area is 226 Å². The summed E-state index contributed by atoms with van der Waals surface area (Å²) in [5.74, 6) is -2.03. The number of halogens is 3. The van der Waals surface area contributed by atoms with E-state index in [1.165, 1.54) is 12.5 Å². The fraction of sp³-hybridized carbons (Fsp3) is 0.606. The molecule has 2 aromatic carbocycles. The van der Waals surface area contributed by atoms with Crippen LogP contribution < -0.4 is 0 Å². The van der Waals surface area contributed by atoms with E-state index < -0.39 is 17.6 Å². The summed E-state index contributed by atoms with van der Waals surface area (Å²) in [6, 6.07) is 8.57. The number of ether oxygens (including phenoxy) is 1. The van der Waals surface area contributed by atoms with Crippen molar-refractivity contribution in [1.82, 2.24) is 0 Å². The molecule has 2 nitrogen and oxygen atoms in total. The van der Waals surface area contributed by atoms with Gasteiger partial charge in [-0.3, -0.25) is 0 Å². The Hall–Kier alpha value is -2.30. The summed E-state index contributed by atoms with van der Waals surface area (Å²) in [5.41, 5.74) is 1.82. The monoisotopic (exact) mass is 528 g/mol. The van der Waals surface area contributed by atoms with E-state index in [-0.39, 0.29) is 29.3 Å². The normalized spacial score (nSPS) is 23.8. The first-order chi connectivity index (χ1) is 18.4. The minimum atomic E-state index is -1.09. The van der Waals surface area contributed by atoms with Gasteiger partial charge >= 0.3 is 5.97 Å². The first-order valence-electron chi connectivity index (χ1n) is 14.9. The van der Waals surface area contributed by atoms with Crippen LogP contribution in [0, 0.1) is 23.4 Å². The van der Waals surface area contributed by atoms with Gasteiger partial charge in [-0.1, -0.05) is 57.7 Å². The van der Waals surface area contributed by atoms with Crippen LogP contribution in [0.1, 0.15) is 136 Å². The van der Waals surface area contributed by atoms with Crippen LogP contribution >= 0.6 is 0 Å². The molecule has 0 unspecified atom stereocenters. The second-order valence-electron chi connectivity index (χ2n) is 11.5. The molecule has 0 atom stereocenters. The summed E-state index contributed by atoms with van der Waals surface area (Å²) in [4.78, 5) is 12.8. The Morgan fingerprint density at radius 2 is 1.53 bits per heavy atom. The second-order valence-corrected chi connectivity index (χ2v) is 11.5. The number of aryl methyl sites for hydroxylation is 1. The number of carbonyl (C=O) groups excluding carboxylic acids is 1. The molecule has 38 heavy (non-hydrogen) atoms. The van der Waals surface area contributed by atoms with Crippen LogP contribution in [0.25, 0.3) is 0 Å². The van der Waals surface area contributed by atoms with Gasteiger partial charge in [-0.05, 0) is 111 Å². The van der Waals surface area contributed by atoms with Crippen LogP contribution in [-0.4, -0.2) is 12.1 Å². The van der Waals surface area contributed by atoms with Gasteiger partial charge in [-0.25, -0.2) is 18.0 Å². The Balaban J connectivity index is 1.30. The molecule has 0 saturated heterocycles. The Kier molecular flexibility index (Phi) is 10.3. The lowest BCUT2D eigenvalue weighted by molar-refractivity contribution is 0.0189. The lowest BCUT2D eigenvalue weighted by Gasteiger charge is -2.29. The lowest BCUT2D eigenvalue weighted by atomic mass is 9.77. The number of hydrogen-bond donors (Lipinski definition) is 0. The summed E-state index contributed by atoms with van der Waals surface area (Å²) in [6.45, 7) is 4.32. The standard InChI is InChI=1S/C33H43F3O2/c1-3-5-6-8-25-13-14-26(21-30(25)34)23-15-17-27(18-16-23)38-33(37)29-20-19-28(31(35)32(29)36)24-11-9-22(7-4-2)10-12-24/h13-14,19-24,27H,3-12,15-18H2,1-2H3. The molecule has 0 radical (unpaired) electrons. The predicted molar refractivity (Wildman–Crippen MR) is 146 cm³/mol. The van der Waals surface area contributed by atoms with Gasteiger partial charge in [0, 0.05) is 0 Å². The fourth-order valence-corrected chi connectivity index (χ4v) is 6.52. The molecular formula is C33H43F3O2. The molecule has 0 aliphatic heterocycles. The van der Waals surface area contributed by atoms with E-state index in [1.807, 2.05) is 12.1 Å². The van der Waals surface area contributed by atoms with Crippen LogP contribution in [0.4, 0.5) is 13.2 Å². The van der Waals surface area contributed by atoms with Gasteiger partial charge in [0.25, 0.3) is 0 Å². The molecule has 208 valence electrons. The zero-order chi connectivity index (χ0) is 27.1. The zero-order valence-corrected chi connectivity index (χ0v) is 23.0. The minimum absolute atomic E-state index is 0.00759. The van der Waals surface area contributed by atoms with Crippen molar-refractivity contribution in [2.45, 2.75) is 122 Å². The van der Waals surface area contributed by atoms with Crippen molar-refractivity contribution in [2.75, 3.05) is 0 Å². The molecule has 0 aromatic heterocycles. The summed E-state index contributed by atoms with van der Waals surface area (Å²) in [7, 11) is 0. The molecule has 4 rings (SSSR count). The van der Waals surface area contributed by atoms with E-state index in [0.717, 1.165) is 81.8 Å². The van der Waals surface area contributed by atoms with Crippen LogP contribution in [0.5, 0.6) is 0 Å². The van der Waals surface area contributed by atoms with E-state index in [9.17, 15) is 13.6 Å². The Bertz CT molecular complexity index is 1070. The number of esters is 1. The molecule has 0 heterocycles. The van der Waals surface area contributed by atoms with E-state index in [4.69, 9.17) is 4.74 Å². The average Bonchev–Trinajstić information content (AvgIpc) is 2.92. The van der Waals surface area contributed by atoms with E-state index in [0.29, 0.717) is 24.3 Å². The highest BCUT2D eigenvalue weighted by Gasteiger charge is 2.30. The molecule has 5 heteroatoms. The van der Waals surface area contributed by atoms with Crippen molar-refractivity contribution in [3.8, 4) is 0 Å². The fourth-order valence-electron chi connectivity index (χ4n) is 6.52. The lowest BCUT2D eigenvalue weighted by Crippen LogP contribution is -2.25. The SMILES string of the molecule is CCCCCc1ccc(C2CCC(OC(=O)c3ccc(C4CCC(CCC)CC4)c(F)c3F)CC2)cc1F. The van der Waals surface area contributed by atoms with E-state index in [2.05, 4.69) is 13.8 Å². The zero-order valence-electron chi connectivity index (χ0n) is 23.0. The molecule has 0 spiro atoms. The van der Waals surface area contributed by atoms with Crippen molar-refractivity contribution in [3.05, 3.63) is 70.0 Å². The highest BCUT2D eigenvalue weighted by Crippen LogP contribution is 2.39. The molecule has 2 saturated carbocycles. The number of benzene rings is 2. The number of rotatable bonds is 10. The van der Waals surface area contributed by atoms with Crippen molar-refractivity contribution >= 4 is 5.97 Å². The summed E-state index contributed by atoms with van der Waals surface area (Å²) < 4.78 is 50.2. The van der Waals surface area contributed by atoms with Crippen molar-refractivity contribution < 1.29 is 22.7 Å². The van der Waals surface area contributed by atoms with Crippen LogP contribution in [0.15, 0.2) is 30.3 Å². The number of hydrogen-bond acceptors (Lipinski definition) is 2. The smallest absolute Gasteiger partial charge is 0.341 e. The van der Waals surface area contributed by atoms with Crippen molar-refractivity contribution in [1.29, 1.82) is 0 Å². The third kappa shape index (κ3) is 7.01. The van der Waals surface area contributed by atoms with Crippen molar-refractivity contribution in [3.63, 3.8) is 0 Å². The molecule has 0 bridgehead atoms. The van der Waals surface area contributed by atoms with Gasteiger partial charge in [0.05, 0.1) is 5.56 Å². The highest BCUT2D eigenvalue weighted by molar-refractivity contribution is 5.90. The summed E-state index contributed by atoms with van der Waals surface area (Å²) in [5, 5.41) is 0. The first-order valence-corrected chi connectivity index (χ1v) is 14.9. The minimum Gasteiger partial charge on any atom is -0.459 e.